The monoisotopic (exact) mass is 481 g/mol. The van der Waals surface area contributed by atoms with Gasteiger partial charge >= 0.3 is 0 Å². The van der Waals surface area contributed by atoms with Crippen LogP contribution in [0.2, 0.25) is 5.02 Å². The van der Waals surface area contributed by atoms with Crippen LogP contribution in [0.15, 0.2) is 49.4 Å². The summed E-state index contributed by atoms with van der Waals surface area (Å²) in [6.45, 7) is 4.84. The number of aromatic nitrogens is 3. The highest BCUT2D eigenvalue weighted by molar-refractivity contribution is 6.36. The van der Waals surface area contributed by atoms with Gasteiger partial charge in [0.1, 0.15) is 0 Å². The molecule has 0 atom stereocenters. The van der Waals surface area contributed by atoms with E-state index in [1.54, 1.807) is 30.2 Å². The summed E-state index contributed by atoms with van der Waals surface area (Å²) in [4.78, 5) is 2.10. The number of fused-ring (bicyclic) bond motifs is 2. The highest BCUT2D eigenvalue weighted by Crippen LogP contribution is 2.43. The van der Waals surface area contributed by atoms with E-state index in [9.17, 15) is 8.78 Å². The quantitative estimate of drug-likeness (QED) is 0.356. The minimum absolute atomic E-state index is 0.00906. The number of nitrogens with one attached hydrogen (secondary N) is 1. The normalized spacial score (nSPS) is 13.6. The lowest BCUT2D eigenvalue weighted by Gasteiger charge is -2.33. The lowest BCUT2D eigenvalue weighted by atomic mass is 9.92. The first-order chi connectivity index (χ1) is 16.3. The summed E-state index contributed by atoms with van der Waals surface area (Å²) < 4.78 is 32.0. The first-order valence-corrected chi connectivity index (χ1v) is 11.5. The van der Waals surface area contributed by atoms with E-state index in [-0.39, 0.29) is 5.56 Å². The zero-order valence-electron chi connectivity index (χ0n) is 19.4. The lowest BCUT2D eigenvalue weighted by Crippen LogP contribution is -2.25. The Hall–Kier alpha value is -3.32. The second-order valence-electron chi connectivity index (χ2n) is 8.73. The number of hydrogen-bond donors (Lipinski definition) is 1. The zero-order chi connectivity index (χ0) is 24.1. The SMILES string of the molecule is C=C(NC)c1cn(C)c2c(Cl)cc(N3CCCc4cc(-c5cnn(C)c5)c(C(F)F)cc43)cc12. The minimum atomic E-state index is -2.60. The molecule has 1 aliphatic rings. The van der Waals surface area contributed by atoms with Crippen molar-refractivity contribution < 1.29 is 8.78 Å². The van der Waals surface area contributed by atoms with E-state index in [4.69, 9.17) is 11.6 Å². The smallest absolute Gasteiger partial charge is 0.264 e. The highest BCUT2D eigenvalue weighted by atomic mass is 35.5. The largest absolute Gasteiger partial charge is 0.388 e. The predicted molar refractivity (Wildman–Crippen MR) is 135 cm³/mol. The number of rotatable bonds is 5. The van der Waals surface area contributed by atoms with Crippen LogP contribution in [0.1, 0.15) is 29.5 Å². The molecule has 2 aromatic heterocycles. The zero-order valence-corrected chi connectivity index (χ0v) is 20.1. The Balaban J connectivity index is 1.68. The van der Waals surface area contributed by atoms with Crippen molar-refractivity contribution in [1.82, 2.24) is 19.7 Å². The maximum absolute atomic E-state index is 14.2. The summed E-state index contributed by atoms with van der Waals surface area (Å²) in [6, 6.07) is 7.53. The molecule has 0 unspecified atom stereocenters. The van der Waals surface area contributed by atoms with Crippen molar-refractivity contribution in [3.05, 3.63) is 71.1 Å². The standard InChI is InChI=1S/C26H26ClF2N5/c1-15(30-2)22-14-32(3)25-20(22)9-18(10-23(25)27)34-7-5-6-16-8-19(17-12-31-33(4)13-17)21(26(28)29)11-24(16)34/h8-14,26,30H,1,5-7H2,2-4H3. The highest BCUT2D eigenvalue weighted by Gasteiger charge is 2.26. The fourth-order valence-corrected chi connectivity index (χ4v) is 5.26. The van der Waals surface area contributed by atoms with Crippen LogP contribution in [-0.2, 0) is 20.5 Å². The molecule has 0 amide bonds. The average Bonchev–Trinajstić information content (AvgIpc) is 3.40. The molecule has 2 aromatic carbocycles. The Morgan fingerprint density at radius 2 is 1.97 bits per heavy atom. The molecular formula is C26H26ClF2N5. The van der Waals surface area contributed by atoms with Crippen molar-refractivity contribution in [1.29, 1.82) is 0 Å². The molecule has 3 heterocycles. The molecule has 34 heavy (non-hydrogen) atoms. The van der Waals surface area contributed by atoms with Crippen LogP contribution in [-0.4, -0.2) is 27.9 Å². The number of anilines is 2. The van der Waals surface area contributed by atoms with E-state index >= 15 is 0 Å². The van der Waals surface area contributed by atoms with Crippen LogP contribution >= 0.6 is 11.6 Å². The molecule has 176 valence electrons. The average molecular weight is 482 g/mol. The molecule has 4 aromatic rings. The molecule has 8 heteroatoms. The van der Waals surface area contributed by atoms with E-state index in [1.165, 1.54) is 0 Å². The third-order valence-electron chi connectivity index (χ3n) is 6.57. The number of nitrogens with zero attached hydrogens (tertiary/aromatic N) is 4. The fourth-order valence-electron chi connectivity index (χ4n) is 4.92. The Morgan fingerprint density at radius 1 is 1.18 bits per heavy atom. The third-order valence-corrected chi connectivity index (χ3v) is 6.86. The van der Waals surface area contributed by atoms with Gasteiger partial charge in [-0.3, -0.25) is 4.68 Å². The third kappa shape index (κ3) is 3.64. The summed E-state index contributed by atoms with van der Waals surface area (Å²) in [7, 11) is 5.57. The summed E-state index contributed by atoms with van der Waals surface area (Å²) in [5.41, 5.74) is 6.62. The van der Waals surface area contributed by atoms with Gasteiger partial charge in [-0.25, -0.2) is 8.78 Å². The summed E-state index contributed by atoms with van der Waals surface area (Å²) in [5.74, 6) is 0. The number of benzene rings is 2. The Labute approximate surface area is 202 Å². The number of aryl methyl sites for hydroxylation is 3. The van der Waals surface area contributed by atoms with Crippen molar-refractivity contribution in [3.8, 4) is 11.1 Å². The number of alkyl halides is 2. The maximum atomic E-state index is 14.2. The molecule has 1 aliphatic heterocycles. The molecular weight excluding hydrogens is 456 g/mol. The Bertz CT molecular complexity index is 1420. The second-order valence-corrected chi connectivity index (χ2v) is 9.14. The van der Waals surface area contributed by atoms with Gasteiger partial charge in [-0.05, 0) is 48.2 Å². The molecule has 0 radical (unpaired) electrons. The summed E-state index contributed by atoms with van der Waals surface area (Å²) in [5, 5.41) is 8.86. The van der Waals surface area contributed by atoms with Gasteiger partial charge < -0.3 is 14.8 Å². The van der Waals surface area contributed by atoms with Gasteiger partial charge in [-0.1, -0.05) is 18.2 Å². The fraction of sp³-hybridized carbons (Fsp3) is 0.269. The first-order valence-electron chi connectivity index (χ1n) is 11.2. The molecule has 0 bridgehead atoms. The van der Waals surface area contributed by atoms with Gasteiger partial charge in [-0.2, -0.15) is 5.10 Å². The molecule has 5 rings (SSSR count). The minimum Gasteiger partial charge on any atom is -0.388 e. The first kappa shape index (κ1) is 22.5. The van der Waals surface area contributed by atoms with E-state index < -0.39 is 6.43 Å². The molecule has 0 spiro atoms. The van der Waals surface area contributed by atoms with Crippen LogP contribution < -0.4 is 10.2 Å². The van der Waals surface area contributed by atoms with E-state index in [1.807, 2.05) is 37.0 Å². The molecule has 0 aliphatic carbocycles. The van der Waals surface area contributed by atoms with Gasteiger partial charge in [0.05, 0.1) is 16.7 Å². The van der Waals surface area contributed by atoms with Crippen molar-refractivity contribution >= 4 is 39.6 Å². The van der Waals surface area contributed by atoms with E-state index in [0.29, 0.717) is 16.1 Å². The van der Waals surface area contributed by atoms with E-state index in [0.717, 1.165) is 58.5 Å². The molecule has 5 nitrogen and oxygen atoms in total. The van der Waals surface area contributed by atoms with E-state index in [2.05, 4.69) is 28.0 Å². The molecule has 0 fully saturated rings. The predicted octanol–water partition coefficient (Wildman–Crippen LogP) is 6.44. The van der Waals surface area contributed by atoms with Gasteiger partial charge in [0.15, 0.2) is 0 Å². The molecule has 0 saturated heterocycles. The Morgan fingerprint density at radius 3 is 2.65 bits per heavy atom. The summed E-state index contributed by atoms with van der Waals surface area (Å²) in [6.07, 6.45) is 4.54. The van der Waals surface area contributed by atoms with Crippen LogP contribution in [0.25, 0.3) is 27.7 Å². The topological polar surface area (TPSA) is 38.0 Å². The van der Waals surface area contributed by atoms with Crippen LogP contribution in [0.4, 0.5) is 20.2 Å². The van der Waals surface area contributed by atoms with Gasteiger partial charge in [0.25, 0.3) is 6.43 Å². The van der Waals surface area contributed by atoms with Gasteiger partial charge in [0.2, 0.25) is 0 Å². The number of hydrogen-bond acceptors (Lipinski definition) is 3. The van der Waals surface area contributed by atoms with Crippen molar-refractivity contribution in [2.45, 2.75) is 19.3 Å². The van der Waals surface area contributed by atoms with Crippen molar-refractivity contribution in [2.24, 2.45) is 14.1 Å². The van der Waals surface area contributed by atoms with Gasteiger partial charge in [0, 0.05) is 79.2 Å². The lowest BCUT2D eigenvalue weighted by molar-refractivity contribution is 0.152. The van der Waals surface area contributed by atoms with Crippen molar-refractivity contribution in [2.75, 3.05) is 18.5 Å². The summed E-state index contributed by atoms with van der Waals surface area (Å²) >= 11 is 6.74. The maximum Gasteiger partial charge on any atom is 0.264 e. The second kappa shape index (κ2) is 8.47. The van der Waals surface area contributed by atoms with Crippen molar-refractivity contribution in [3.63, 3.8) is 0 Å². The molecule has 0 saturated carbocycles. The van der Waals surface area contributed by atoms with Crippen LogP contribution in [0.3, 0.4) is 0 Å². The van der Waals surface area contributed by atoms with Crippen LogP contribution in [0.5, 0.6) is 0 Å². The molecule has 1 N–H and O–H groups in total. The van der Waals surface area contributed by atoms with Gasteiger partial charge in [-0.15, -0.1) is 0 Å². The van der Waals surface area contributed by atoms with Crippen LogP contribution in [0, 0.1) is 0 Å². The number of halogens is 3. The Kier molecular flexibility index (Phi) is 5.60.